The third-order valence-electron chi connectivity index (χ3n) is 2.94. The van der Waals surface area contributed by atoms with Crippen LogP contribution in [0.25, 0.3) is 0 Å². The molecule has 2 aromatic rings. The minimum Gasteiger partial charge on any atom is -0.456 e. The number of halogens is 2. The number of nitrogens with one attached hydrogen (secondary N) is 1. The first-order valence-electron chi connectivity index (χ1n) is 6.93. The number of carbonyl (C=O) groups excluding carboxylic acids is 3. The summed E-state index contributed by atoms with van der Waals surface area (Å²) in [6, 6.07) is 8.25. The lowest BCUT2D eigenvalue weighted by Crippen LogP contribution is -2.21. The highest BCUT2D eigenvalue weighted by Crippen LogP contribution is 2.29. The van der Waals surface area contributed by atoms with E-state index >= 15 is 0 Å². The molecule has 1 N–H and O–H groups in total. The molecule has 5 nitrogen and oxygen atoms in total. The number of Topliss-reactive ketones (excluding diaryl/α,β-unsaturated/α-hetero) is 1. The topological polar surface area (TPSA) is 72.5 Å². The first-order valence-corrected chi connectivity index (χ1v) is 8.57. The maximum absolute atomic E-state index is 11.8. The Morgan fingerprint density at radius 3 is 2.38 bits per heavy atom. The van der Waals surface area contributed by atoms with Crippen LogP contribution in [0.15, 0.2) is 35.7 Å². The number of ketones is 1. The largest absolute Gasteiger partial charge is 0.456 e. The molecule has 126 valence electrons. The summed E-state index contributed by atoms with van der Waals surface area (Å²) >= 11 is 13.2. The van der Waals surface area contributed by atoms with Crippen LogP contribution >= 0.6 is 34.5 Å². The molecule has 0 radical (unpaired) electrons. The van der Waals surface area contributed by atoms with Crippen molar-refractivity contribution in [2.24, 2.45) is 0 Å². The third-order valence-corrected chi connectivity index (χ3v) is 4.48. The SMILES string of the molecule is O=C(COC(=O)CCC(=O)c1cccs1)Nc1c(Cl)cccc1Cl. The van der Waals surface area contributed by atoms with Crippen LogP contribution in [-0.2, 0) is 14.3 Å². The highest BCUT2D eigenvalue weighted by molar-refractivity contribution is 7.12. The third kappa shape index (κ3) is 5.33. The van der Waals surface area contributed by atoms with E-state index in [0.717, 1.165) is 0 Å². The molecule has 1 aromatic heterocycles. The van der Waals surface area contributed by atoms with Gasteiger partial charge in [-0.3, -0.25) is 14.4 Å². The van der Waals surface area contributed by atoms with Gasteiger partial charge in [0.25, 0.3) is 5.91 Å². The van der Waals surface area contributed by atoms with Crippen LogP contribution in [-0.4, -0.2) is 24.3 Å². The molecular weight excluding hydrogens is 373 g/mol. The van der Waals surface area contributed by atoms with Crippen molar-refractivity contribution in [2.45, 2.75) is 12.8 Å². The van der Waals surface area contributed by atoms with Gasteiger partial charge < -0.3 is 10.1 Å². The number of carbonyl (C=O) groups is 3. The smallest absolute Gasteiger partial charge is 0.306 e. The molecule has 0 fully saturated rings. The average molecular weight is 386 g/mol. The molecule has 0 aliphatic rings. The molecule has 2 rings (SSSR count). The lowest BCUT2D eigenvalue weighted by Gasteiger charge is -2.09. The molecule has 0 saturated heterocycles. The number of ether oxygens (including phenoxy) is 1. The second kappa shape index (κ2) is 8.82. The number of hydrogen-bond donors (Lipinski definition) is 1. The molecule has 1 aromatic carbocycles. The monoisotopic (exact) mass is 385 g/mol. The molecule has 0 spiro atoms. The highest BCUT2D eigenvalue weighted by atomic mass is 35.5. The first-order chi connectivity index (χ1) is 11.5. The number of amides is 1. The predicted octanol–water partition coefficient (Wildman–Crippen LogP) is 4.20. The van der Waals surface area contributed by atoms with Gasteiger partial charge >= 0.3 is 5.97 Å². The standard InChI is InChI=1S/C16H13Cl2NO4S/c17-10-3-1-4-11(18)16(10)19-14(21)9-23-15(22)7-6-12(20)13-5-2-8-24-13/h1-5,8H,6-7,9H2,(H,19,21). The number of para-hydroxylation sites is 1. The van der Waals surface area contributed by atoms with E-state index in [1.165, 1.54) is 11.3 Å². The Morgan fingerprint density at radius 2 is 1.75 bits per heavy atom. The number of esters is 1. The Balaban J connectivity index is 1.75. The van der Waals surface area contributed by atoms with E-state index in [0.29, 0.717) is 4.88 Å². The molecule has 1 amide bonds. The van der Waals surface area contributed by atoms with Gasteiger partial charge in [0.05, 0.1) is 27.0 Å². The van der Waals surface area contributed by atoms with Crippen molar-refractivity contribution >= 4 is 57.9 Å². The van der Waals surface area contributed by atoms with E-state index in [2.05, 4.69) is 5.32 Å². The molecule has 24 heavy (non-hydrogen) atoms. The zero-order valence-electron chi connectivity index (χ0n) is 12.4. The van der Waals surface area contributed by atoms with Crippen molar-refractivity contribution in [1.29, 1.82) is 0 Å². The van der Waals surface area contributed by atoms with E-state index in [9.17, 15) is 14.4 Å². The minimum atomic E-state index is -0.625. The Morgan fingerprint density at radius 1 is 1.04 bits per heavy atom. The lowest BCUT2D eigenvalue weighted by molar-refractivity contribution is -0.147. The zero-order valence-corrected chi connectivity index (χ0v) is 14.7. The van der Waals surface area contributed by atoms with Gasteiger partial charge in [-0.1, -0.05) is 35.3 Å². The van der Waals surface area contributed by atoms with Crippen molar-refractivity contribution in [1.82, 2.24) is 0 Å². The molecular formula is C16H13Cl2NO4S. The Bertz CT molecular complexity index is 726. The summed E-state index contributed by atoms with van der Waals surface area (Å²) in [7, 11) is 0. The van der Waals surface area contributed by atoms with Gasteiger partial charge in [0.1, 0.15) is 0 Å². The fraction of sp³-hybridized carbons (Fsp3) is 0.188. The summed E-state index contributed by atoms with van der Waals surface area (Å²) in [4.78, 5) is 35.7. The summed E-state index contributed by atoms with van der Waals surface area (Å²) in [6.07, 6.45) is -0.0475. The van der Waals surface area contributed by atoms with Gasteiger partial charge in [-0.25, -0.2) is 0 Å². The maximum atomic E-state index is 11.8. The van der Waals surface area contributed by atoms with E-state index < -0.39 is 18.5 Å². The molecule has 0 atom stereocenters. The van der Waals surface area contributed by atoms with Crippen LogP contribution in [0.5, 0.6) is 0 Å². The lowest BCUT2D eigenvalue weighted by atomic mass is 10.2. The van der Waals surface area contributed by atoms with Crippen molar-refractivity contribution in [2.75, 3.05) is 11.9 Å². The fourth-order valence-corrected chi connectivity index (χ4v) is 2.97. The molecule has 8 heteroatoms. The maximum Gasteiger partial charge on any atom is 0.306 e. The number of thiophene rings is 1. The molecule has 0 unspecified atom stereocenters. The molecule has 0 saturated carbocycles. The van der Waals surface area contributed by atoms with E-state index in [-0.39, 0.29) is 34.4 Å². The van der Waals surface area contributed by atoms with E-state index in [4.69, 9.17) is 27.9 Å². The minimum absolute atomic E-state index is 0.0390. The van der Waals surface area contributed by atoms with E-state index in [1.807, 2.05) is 0 Å². The van der Waals surface area contributed by atoms with Crippen LogP contribution in [0.4, 0.5) is 5.69 Å². The Labute approximate surface area is 152 Å². The van der Waals surface area contributed by atoms with Gasteiger partial charge in [0.15, 0.2) is 12.4 Å². The molecule has 0 bridgehead atoms. The first kappa shape index (κ1) is 18.4. The summed E-state index contributed by atoms with van der Waals surface area (Å²) < 4.78 is 4.84. The number of hydrogen-bond acceptors (Lipinski definition) is 5. The van der Waals surface area contributed by atoms with Crippen LogP contribution in [0.3, 0.4) is 0 Å². The van der Waals surface area contributed by atoms with Gasteiger partial charge in [-0.2, -0.15) is 0 Å². The second-order valence-corrected chi connectivity index (χ2v) is 6.47. The molecule has 0 aliphatic heterocycles. The number of benzene rings is 1. The summed E-state index contributed by atoms with van der Waals surface area (Å²) in [6.45, 7) is -0.479. The zero-order chi connectivity index (χ0) is 17.5. The highest BCUT2D eigenvalue weighted by Gasteiger charge is 2.14. The van der Waals surface area contributed by atoms with Gasteiger partial charge in [-0.05, 0) is 23.6 Å². The van der Waals surface area contributed by atoms with E-state index in [1.54, 1.807) is 35.7 Å². The predicted molar refractivity (Wildman–Crippen MR) is 93.9 cm³/mol. The molecule has 1 heterocycles. The van der Waals surface area contributed by atoms with Crippen LogP contribution < -0.4 is 5.32 Å². The summed E-state index contributed by atoms with van der Waals surface area (Å²) in [5.74, 6) is -1.32. The molecule has 0 aliphatic carbocycles. The summed E-state index contributed by atoms with van der Waals surface area (Å²) in [5, 5.41) is 4.83. The van der Waals surface area contributed by atoms with Crippen LogP contribution in [0.2, 0.25) is 10.0 Å². The summed E-state index contributed by atoms with van der Waals surface area (Å²) in [5.41, 5.74) is 0.259. The van der Waals surface area contributed by atoms with Crippen molar-refractivity contribution in [3.05, 3.63) is 50.6 Å². The normalized spacial score (nSPS) is 10.2. The van der Waals surface area contributed by atoms with Crippen LogP contribution in [0, 0.1) is 0 Å². The van der Waals surface area contributed by atoms with Gasteiger partial charge in [0, 0.05) is 6.42 Å². The van der Waals surface area contributed by atoms with Gasteiger partial charge in [0.2, 0.25) is 0 Å². The number of rotatable bonds is 7. The van der Waals surface area contributed by atoms with Crippen molar-refractivity contribution < 1.29 is 19.1 Å². The van der Waals surface area contributed by atoms with Gasteiger partial charge in [-0.15, -0.1) is 11.3 Å². The Hall–Kier alpha value is -1.89. The Kier molecular flexibility index (Phi) is 6.78. The fourth-order valence-electron chi connectivity index (χ4n) is 1.79. The average Bonchev–Trinajstić information content (AvgIpc) is 3.09. The van der Waals surface area contributed by atoms with Crippen molar-refractivity contribution in [3.63, 3.8) is 0 Å². The van der Waals surface area contributed by atoms with Crippen molar-refractivity contribution in [3.8, 4) is 0 Å². The van der Waals surface area contributed by atoms with Crippen LogP contribution in [0.1, 0.15) is 22.5 Å². The second-order valence-electron chi connectivity index (χ2n) is 4.71. The number of anilines is 1. The quantitative estimate of drug-likeness (QED) is 0.572.